The number of benzene rings is 1. The fourth-order valence-electron chi connectivity index (χ4n) is 4.66. The molecule has 4 heterocycles. The van der Waals surface area contributed by atoms with E-state index in [-0.39, 0.29) is 17.7 Å². The summed E-state index contributed by atoms with van der Waals surface area (Å²) < 4.78 is 7.41. The largest absolute Gasteiger partial charge is 0.497 e. The van der Waals surface area contributed by atoms with Crippen molar-refractivity contribution in [2.45, 2.75) is 31.8 Å². The van der Waals surface area contributed by atoms with Crippen LogP contribution >= 0.6 is 0 Å². The van der Waals surface area contributed by atoms with E-state index in [9.17, 15) is 9.59 Å². The van der Waals surface area contributed by atoms with Gasteiger partial charge in [-0.15, -0.1) is 10.2 Å². The maximum atomic E-state index is 13.1. The van der Waals surface area contributed by atoms with Gasteiger partial charge in [-0.05, 0) is 37.1 Å². The minimum atomic E-state index is -0.0805. The van der Waals surface area contributed by atoms with Crippen molar-refractivity contribution in [2.75, 3.05) is 26.7 Å². The summed E-state index contributed by atoms with van der Waals surface area (Å²) in [6, 6.07) is 7.64. The molecule has 2 aliphatic heterocycles. The summed E-state index contributed by atoms with van der Waals surface area (Å²) in [6.07, 6.45) is 3.02. The number of hydrogen-bond donors (Lipinski definition) is 1. The molecule has 3 aromatic rings. The number of ether oxygens (including phenoxy) is 1. The van der Waals surface area contributed by atoms with E-state index in [1.54, 1.807) is 12.0 Å². The molecule has 1 aromatic carbocycles. The number of hydrogen-bond acceptors (Lipinski definition) is 5. The Kier molecular flexibility index (Phi) is 5.16. The van der Waals surface area contributed by atoms with E-state index >= 15 is 0 Å². The van der Waals surface area contributed by atoms with Crippen molar-refractivity contribution in [1.29, 1.82) is 0 Å². The Labute approximate surface area is 185 Å². The van der Waals surface area contributed by atoms with Gasteiger partial charge in [0.05, 0.1) is 13.7 Å². The number of methoxy groups -OCH3 is 1. The van der Waals surface area contributed by atoms with E-state index < -0.39 is 0 Å². The van der Waals surface area contributed by atoms with Crippen LogP contribution < -0.4 is 4.74 Å². The highest BCUT2D eigenvalue weighted by molar-refractivity contribution is 5.98. The van der Waals surface area contributed by atoms with E-state index in [1.165, 1.54) is 6.08 Å². The van der Waals surface area contributed by atoms with Crippen molar-refractivity contribution in [3.8, 4) is 5.75 Å². The molecule has 166 valence electrons. The molecular formula is C23H26N6O3. The summed E-state index contributed by atoms with van der Waals surface area (Å²) in [5.41, 5.74) is 1.49. The third-order valence-corrected chi connectivity index (χ3v) is 6.48. The molecule has 1 fully saturated rings. The van der Waals surface area contributed by atoms with Gasteiger partial charge in [0.2, 0.25) is 5.91 Å². The molecule has 32 heavy (non-hydrogen) atoms. The highest BCUT2D eigenvalue weighted by atomic mass is 16.5. The van der Waals surface area contributed by atoms with E-state index in [2.05, 4.69) is 26.3 Å². The molecule has 0 aliphatic carbocycles. The Bertz CT molecular complexity index is 1190. The second kappa shape index (κ2) is 8.14. The van der Waals surface area contributed by atoms with Gasteiger partial charge in [0.1, 0.15) is 17.3 Å². The number of carbonyl (C=O) groups excluding carboxylic acids is 2. The van der Waals surface area contributed by atoms with Gasteiger partial charge in [0.15, 0.2) is 5.82 Å². The first kappa shape index (κ1) is 20.3. The highest BCUT2D eigenvalue weighted by Gasteiger charge is 2.31. The Morgan fingerprint density at radius 2 is 1.94 bits per heavy atom. The Morgan fingerprint density at radius 3 is 2.69 bits per heavy atom. The summed E-state index contributed by atoms with van der Waals surface area (Å²) in [4.78, 5) is 31.8. The third-order valence-electron chi connectivity index (χ3n) is 6.48. The van der Waals surface area contributed by atoms with Gasteiger partial charge in [-0.3, -0.25) is 9.59 Å². The maximum Gasteiger partial charge on any atom is 0.270 e. The van der Waals surface area contributed by atoms with E-state index in [0.29, 0.717) is 38.4 Å². The normalized spacial score (nSPS) is 16.8. The van der Waals surface area contributed by atoms with Crippen LogP contribution in [0.15, 0.2) is 36.9 Å². The standard InChI is InChI=1S/C23H26N6O3/c1-3-21(30)28-10-11-29-20(14-28)25-26-22(29)15-6-8-27(9-7-15)23(31)19-12-16-4-5-17(32-2)13-18(16)24-19/h3-5,12-13,15,24H,1,6-11,14H2,2H3. The number of piperidine rings is 1. The molecule has 0 saturated carbocycles. The maximum absolute atomic E-state index is 13.1. The topological polar surface area (TPSA) is 96.4 Å². The van der Waals surface area contributed by atoms with Crippen LogP contribution in [0, 0.1) is 0 Å². The number of nitrogens with one attached hydrogen (secondary N) is 1. The van der Waals surface area contributed by atoms with Crippen LogP contribution in [0.5, 0.6) is 5.75 Å². The number of aromatic amines is 1. The van der Waals surface area contributed by atoms with Crippen LogP contribution in [0.3, 0.4) is 0 Å². The fraction of sp³-hybridized carbons (Fsp3) is 0.391. The monoisotopic (exact) mass is 434 g/mol. The molecule has 2 amide bonds. The summed E-state index contributed by atoms with van der Waals surface area (Å²) in [5.74, 6) is 2.73. The number of nitrogens with zero attached hydrogens (tertiary/aromatic N) is 5. The van der Waals surface area contributed by atoms with Crippen molar-refractivity contribution in [3.05, 3.63) is 54.3 Å². The lowest BCUT2D eigenvalue weighted by atomic mass is 9.95. The Balaban J connectivity index is 1.25. The first-order valence-corrected chi connectivity index (χ1v) is 10.9. The average molecular weight is 435 g/mol. The summed E-state index contributed by atoms with van der Waals surface area (Å²) in [6.45, 7) is 6.68. The van der Waals surface area contributed by atoms with Gasteiger partial charge in [0, 0.05) is 49.1 Å². The Morgan fingerprint density at radius 1 is 1.12 bits per heavy atom. The smallest absolute Gasteiger partial charge is 0.270 e. The summed E-state index contributed by atoms with van der Waals surface area (Å²) in [5, 5.41) is 9.76. The zero-order valence-electron chi connectivity index (χ0n) is 18.1. The van der Waals surface area contributed by atoms with E-state index in [0.717, 1.165) is 41.1 Å². The molecule has 0 bridgehead atoms. The number of carbonyl (C=O) groups is 2. The molecule has 2 aromatic heterocycles. The molecule has 2 aliphatic rings. The van der Waals surface area contributed by atoms with Crippen LogP contribution in [-0.2, 0) is 17.9 Å². The van der Waals surface area contributed by atoms with Gasteiger partial charge in [-0.25, -0.2) is 0 Å². The number of H-pyrrole nitrogens is 1. The molecule has 0 spiro atoms. The van der Waals surface area contributed by atoms with Gasteiger partial charge < -0.3 is 24.1 Å². The molecule has 9 nitrogen and oxygen atoms in total. The predicted molar refractivity (Wildman–Crippen MR) is 118 cm³/mol. The molecule has 5 rings (SSSR count). The number of amides is 2. The van der Waals surface area contributed by atoms with Crippen molar-refractivity contribution >= 4 is 22.7 Å². The third kappa shape index (κ3) is 3.53. The zero-order chi connectivity index (χ0) is 22.2. The van der Waals surface area contributed by atoms with Gasteiger partial charge >= 0.3 is 0 Å². The number of rotatable bonds is 4. The zero-order valence-corrected chi connectivity index (χ0v) is 18.1. The number of likely N-dealkylation sites (tertiary alicyclic amines) is 1. The lowest BCUT2D eigenvalue weighted by molar-refractivity contribution is -0.127. The quantitative estimate of drug-likeness (QED) is 0.636. The molecular weight excluding hydrogens is 408 g/mol. The van der Waals surface area contributed by atoms with E-state index in [4.69, 9.17) is 4.74 Å². The van der Waals surface area contributed by atoms with Gasteiger partial charge in [-0.1, -0.05) is 6.58 Å². The van der Waals surface area contributed by atoms with Crippen LogP contribution in [-0.4, -0.2) is 68.1 Å². The lowest BCUT2D eigenvalue weighted by Crippen LogP contribution is -2.40. The second-order valence-electron chi connectivity index (χ2n) is 8.29. The first-order valence-electron chi connectivity index (χ1n) is 10.9. The lowest BCUT2D eigenvalue weighted by Gasteiger charge is -2.32. The molecule has 1 N–H and O–H groups in total. The minimum absolute atomic E-state index is 0.0143. The van der Waals surface area contributed by atoms with Crippen LogP contribution in [0.4, 0.5) is 0 Å². The van der Waals surface area contributed by atoms with Crippen LogP contribution in [0.2, 0.25) is 0 Å². The number of aromatic nitrogens is 4. The Hall–Kier alpha value is -3.62. The van der Waals surface area contributed by atoms with Crippen molar-refractivity contribution in [3.63, 3.8) is 0 Å². The van der Waals surface area contributed by atoms with Crippen molar-refractivity contribution < 1.29 is 14.3 Å². The van der Waals surface area contributed by atoms with E-state index in [1.807, 2.05) is 29.2 Å². The highest BCUT2D eigenvalue weighted by Crippen LogP contribution is 2.30. The second-order valence-corrected chi connectivity index (χ2v) is 8.29. The van der Waals surface area contributed by atoms with Gasteiger partial charge in [0.25, 0.3) is 5.91 Å². The van der Waals surface area contributed by atoms with Crippen LogP contribution in [0.25, 0.3) is 10.9 Å². The minimum Gasteiger partial charge on any atom is -0.497 e. The number of fused-ring (bicyclic) bond motifs is 2. The van der Waals surface area contributed by atoms with Crippen molar-refractivity contribution in [2.24, 2.45) is 0 Å². The van der Waals surface area contributed by atoms with Crippen molar-refractivity contribution in [1.82, 2.24) is 29.5 Å². The summed E-state index contributed by atoms with van der Waals surface area (Å²) in [7, 11) is 1.63. The first-order chi connectivity index (χ1) is 15.6. The SMILES string of the molecule is C=CC(=O)N1CCn2c(nnc2C2CCN(C(=O)c3cc4ccc(OC)cc4[nH]3)CC2)C1. The molecule has 9 heteroatoms. The molecule has 0 atom stereocenters. The summed E-state index contributed by atoms with van der Waals surface area (Å²) >= 11 is 0. The predicted octanol–water partition coefficient (Wildman–Crippen LogP) is 2.32. The average Bonchev–Trinajstić information content (AvgIpc) is 3.46. The van der Waals surface area contributed by atoms with Crippen LogP contribution in [0.1, 0.15) is 40.9 Å². The fourth-order valence-corrected chi connectivity index (χ4v) is 4.66. The van der Waals surface area contributed by atoms with Gasteiger partial charge in [-0.2, -0.15) is 0 Å². The molecule has 0 unspecified atom stereocenters. The molecule has 1 saturated heterocycles. The molecule has 0 radical (unpaired) electrons.